The van der Waals surface area contributed by atoms with E-state index >= 15 is 0 Å². The van der Waals surface area contributed by atoms with Gasteiger partial charge in [0, 0.05) is 25.4 Å². The summed E-state index contributed by atoms with van der Waals surface area (Å²) < 4.78 is 10.0. The summed E-state index contributed by atoms with van der Waals surface area (Å²) >= 11 is 1.10. The first-order valence-electron chi connectivity index (χ1n) is 9.50. The minimum Gasteiger partial charge on any atom is -0.508 e. The molecule has 2 amide bonds. The summed E-state index contributed by atoms with van der Waals surface area (Å²) in [4.78, 5) is 61.3. The van der Waals surface area contributed by atoms with E-state index in [-0.39, 0.29) is 22.6 Å². The Labute approximate surface area is 191 Å². The Kier molecular flexibility index (Phi) is 6.93. The van der Waals surface area contributed by atoms with E-state index in [0.717, 1.165) is 23.6 Å². The Morgan fingerprint density at radius 1 is 1.18 bits per heavy atom. The Balaban J connectivity index is 1.83. The van der Waals surface area contributed by atoms with Crippen molar-refractivity contribution in [2.75, 3.05) is 12.9 Å². The van der Waals surface area contributed by atoms with Crippen molar-refractivity contribution in [3.05, 3.63) is 41.1 Å². The average molecular weight is 480 g/mol. The predicted octanol–water partition coefficient (Wildman–Crippen LogP) is -0.165. The summed E-state index contributed by atoms with van der Waals surface area (Å²) in [7, 11) is 1.22. The first-order valence-corrected chi connectivity index (χ1v) is 10.5. The number of rotatable bonds is 8. The molecule has 4 N–H and O–H groups in total. The SMILES string of the molecule is COC(OC(C)=O)C1=C(C(=O)O)N2C(=O)[C@H](NC(=O)C(C(=O)O)c3ccc(O)cc3)[C@H]2SC1. The van der Waals surface area contributed by atoms with Gasteiger partial charge in [-0.2, -0.15) is 0 Å². The van der Waals surface area contributed by atoms with Gasteiger partial charge < -0.3 is 30.1 Å². The summed E-state index contributed by atoms with van der Waals surface area (Å²) in [6.07, 6.45) is -1.31. The third-order valence-corrected chi connectivity index (χ3v) is 6.31. The van der Waals surface area contributed by atoms with Crippen LogP contribution in [0.5, 0.6) is 5.75 Å². The van der Waals surface area contributed by atoms with Gasteiger partial charge in [0.2, 0.25) is 12.2 Å². The van der Waals surface area contributed by atoms with E-state index in [1.54, 1.807) is 0 Å². The van der Waals surface area contributed by atoms with Crippen LogP contribution < -0.4 is 5.32 Å². The number of phenolic OH excluding ortho intramolecular Hbond substituents is 1. The van der Waals surface area contributed by atoms with E-state index < -0.39 is 59.0 Å². The molecule has 33 heavy (non-hydrogen) atoms. The molecule has 12 nitrogen and oxygen atoms in total. The summed E-state index contributed by atoms with van der Waals surface area (Å²) in [5.74, 6) is -7.08. The van der Waals surface area contributed by atoms with Crippen LogP contribution in [0.15, 0.2) is 35.5 Å². The smallest absolute Gasteiger partial charge is 0.352 e. The second-order valence-electron chi connectivity index (χ2n) is 7.11. The number of thioether (sulfide) groups is 1. The first kappa shape index (κ1) is 24.1. The molecule has 2 heterocycles. The molecule has 3 rings (SSSR count). The van der Waals surface area contributed by atoms with Crippen molar-refractivity contribution in [3.63, 3.8) is 0 Å². The maximum absolute atomic E-state index is 12.8. The number of methoxy groups -OCH3 is 1. The lowest BCUT2D eigenvalue weighted by Gasteiger charge is -2.50. The number of nitrogens with zero attached hydrogens (tertiary/aromatic N) is 1. The van der Waals surface area contributed by atoms with Crippen molar-refractivity contribution in [1.29, 1.82) is 0 Å². The molecule has 2 aliphatic rings. The highest BCUT2D eigenvalue weighted by molar-refractivity contribution is 8.00. The molecular formula is C20H20N2O10S. The Bertz CT molecular complexity index is 1040. The molecule has 0 aliphatic carbocycles. The van der Waals surface area contributed by atoms with Crippen LogP contribution in [-0.4, -0.2) is 80.5 Å². The van der Waals surface area contributed by atoms with Crippen LogP contribution in [0.1, 0.15) is 18.4 Å². The Hall–Kier alpha value is -3.58. The number of phenols is 1. The molecule has 2 unspecified atom stereocenters. The van der Waals surface area contributed by atoms with Crippen molar-refractivity contribution in [1.82, 2.24) is 10.2 Å². The number of esters is 1. The summed E-state index contributed by atoms with van der Waals surface area (Å²) in [6.45, 7) is 1.12. The second kappa shape index (κ2) is 9.50. The van der Waals surface area contributed by atoms with Gasteiger partial charge in [-0.25, -0.2) is 4.79 Å². The molecular weight excluding hydrogens is 460 g/mol. The van der Waals surface area contributed by atoms with Gasteiger partial charge in [0.1, 0.15) is 22.9 Å². The highest BCUT2D eigenvalue weighted by atomic mass is 32.2. The molecule has 1 saturated heterocycles. The molecule has 176 valence electrons. The molecule has 0 saturated carbocycles. The van der Waals surface area contributed by atoms with Crippen LogP contribution in [0.4, 0.5) is 0 Å². The summed E-state index contributed by atoms with van der Waals surface area (Å²) in [5, 5.41) is 30.2. The second-order valence-corrected chi connectivity index (χ2v) is 8.22. The van der Waals surface area contributed by atoms with Crippen molar-refractivity contribution in [2.24, 2.45) is 0 Å². The molecule has 1 fully saturated rings. The van der Waals surface area contributed by atoms with Crippen molar-refractivity contribution < 1.29 is 48.8 Å². The molecule has 0 spiro atoms. The summed E-state index contributed by atoms with van der Waals surface area (Å²) in [6, 6.07) is 3.84. The third kappa shape index (κ3) is 4.64. The molecule has 0 bridgehead atoms. The zero-order valence-corrected chi connectivity index (χ0v) is 18.2. The van der Waals surface area contributed by atoms with E-state index in [0.29, 0.717) is 0 Å². The minimum atomic E-state index is -1.65. The number of carboxylic acids is 2. The number of carbonyl (C=O) groups excluding carboxylic acids is 3. The standard InChI is InChI=1S/C20H20N2O10S/c1-8(23)32-20(31-2)11-7-33-17-13(16(26)22(17)14(11)19(29)30)21-15(25)12(18(27)28)9-3-5-10(24)6-4-9/h3-6,12-13,17,20,24H,7H2,1-2H3,(H,21,25)(H,27,28)(H,29,30)/t12?,13-,17+,20?/m0/s1. The maximum Gasteiger partial charge on any atom is 0.352 e. The number of benzene rings is 1. The van der Waals surface area contributed by atoms with Crippen molar-refractivity contribution in [3.8, 4) is 5.75 Å². The van der Waals surface area contributed by atoms with E-state index in [1.165, 1.54) is 31.4 Å². The number of carbonyl (C=O) groups is 5. The number of β-lactam (4-membered cyclic amide) rings is 1. The van der Waals surface area contributed by atoms with Crippen LogP contribution in [0.3, 0.4) is 0 Å². The van der Waals surface area contributed by atoms with Gasteiger partial charge in [0.15, 0.2) is 5.92 Å². The number of hydrogen-bond acceptors (Lipinski definition) is 9. The molecule has 4 atom stereocenters. The van der Waals surface area contributed by atoms with Gasteiger partial charge in [-0.3, -0.25) is 24.1 Å². The monoisotopic (exact) mass is 480 g/mol. The lowest BCUT2D eigenvalue weighted by Crippen LogP contribution is -2.71. The molecule has 1 aromatic carbocycles. The molecule has 0 aromatic heterocycles. The highest BCUT2D eigenvalue weighted by Gasteiger charge is 2.55. The molecule has 1 aromatic rings. The van der Waals surface area contributed by atoms with E-state index in [1.807, 2.05) is 0 Å². The van der Waals surface area contributed by atoms with E-state index in [9.17, 15) is 39.3 Å². The number of amides is 2. The number of aliphatic carboxylic acids is 2. The lowest BCUT2D eigenvalue weighted by molar-refractivity contribution is -0.165. The van der Waals surface area contributed by atoms with Crippen LogP contribution >= 0.6 is 11.8 Å². The van der Waals surface area contributed by atoms with Crippen LogP contribution in [0.2, 0.25) is 0 Å². The summed E-state index contributed by atoms with van der Waals surface area (Å²) in [5.41, 5.74) is -0.266. The fourth-order valence-corrected chi connectivity index (χ4v) is 4.90. The van der Waals surface area contributed by atoms with Gasteiger partial charge in [-0.05, 0) is 17.7 Å². The minimum absolute atomic E-state index is 0.0224. The van der Waals surface area contributed by atoms with Gasteiger partial charge in [0.05, 0.1) is 0 Å². The fraction of sp³-hybridized carbons (Fsp3) is 0.350. The van der Waals surface area contributed by atoms with Crippen molar-refractivity contribution in [2.45, 2.75) is 30.5 Å². The number of hydrogen-bond donors (Lipinski definition) is 4. The average Bonchev–Trinajstić information content (AvgIpc) is 2.75. The number of carboxylic acid groups (broad SMARTS) is 2. The van der Waals surface area contributed by atoms with Gasteiger partial charge >= 0.3 is 17.9 Å². The Morgan fingerprint density at radius 3 is 2.33 bits per heavy atom. The molecule has 2 aliphatic heterocycles. The largest absolute Gasteiger partial charge is 0.508 e. The fourth-order valence-electron chi connectivity index (χ4n) is 3.55. The third-order valence-electron chi connectivity index (χ3n) is 5.01. The van der Waals surface area contributed by atoms with Crippen LogP contribution in [0.25, 0.3) is 0 Å². The highest BCUT2D eigenvalue weighted by Crippen LogP contribution is 2.42. The molecule has 0 radical (unpaired) electrons. The lowest BCUT2D eigenvalue weighted by atomic mass is 9.96. The number of fused-ring (bicyclic) bond motifs is 1. The quantitative estimate of drug-likeness (QED) is 0.168. The van der Waals surface area contributed by atoms with Gasteiger partial charge in [-0.15, -0.1) is 11.8 Å². The Morgan fingerprint density at radius 2 is 1.82 bits per heavy atom. The van der Waals surface area contributed by atoms with E-state index in [2.05, 4.69) is 5.32 Å². The van der Waals surface area contributed by atoms with Crippen LogP contribution in [-0.2, 0) is 33.4 Å². The van der Waals surface area contributed by atoms with Gasteiger partial charge in [0.25, 0.3) is 5.91 Å². The zero-order valence-electron chi connectivity index (χ0n) is 17.4. The number of ether oxygens (including phenoxy) is 2. The van der Waals surface area contributed by atoms with Crippen molar-refractivity contribution >= 4 is 41.5 Å². The number of aromatic hydroxyl groups is 1. The first-order chi connectivity index (χ1) is 15.6. The normalized spacial score (nSPS) is 21.4. The topological polar surface area (TPSA) is 180 Å². The number of nitrogens with one attached hydrogen (secondary N) is 1. The predicted molar refractivity (Wildman–Crippen MR) is 111 cm³/mol. The van der Waals surface area contributed by atoms with E-state index in [4.69, 9.17) is 9.47 Å². The maximum atomic E-state index is 12.8. The van der Waals surface area contributed by atoms with Crippen LogP contribution in [0, 0.1) is 0 Å². The zero-order chi connectivity index (χ0) is 24.4. The molecule has 13 heteroatoms. The van der Waals surface area contributed by atoms with Gasteiger partial charge in [-0.1, -0.05) is 12.1 Å².